The van der Waals surface area contributed by atoms with Gasteiger partial charge in [-0.1, -0.05) is 54.6 Å². The fourth-order valence-electron chi connectivity index (χ4n) is 2.40. The highest BCUT2D eigenvalue weighted by Gasteiger charge is 2.19. The summed E-state index contributed by atoms with van der Waals surface area (Å²) in [5.74, 6) is -0.360. The van der Waals surface area contributed by atoms with Crippen LogP contribution < -0.4 is 16.0 Å². The third-order valence-electron chi connectivity index (χ3n) is 3.59. The van der Waals surface area contributed by atoms with Gasteiger partial charge < -0.3 is 16.0 Å². The van der Waals surface area contributed by atoms with Crippen LogP contribution in [0.5, 0.6) is 0 Å². The highest BCUT2D eigenvalue weighted by Crippen LogP contribution is 2.17. The lowest BCUT2D eigenvalue weighted by Gasteiger charge is -2.28. The molecule has 0 bridgehead atoms. The predicted molar refractivity (Wildman–Crippen MR) is 95.1 cm³/mol. The van der Waals surface area contributed by atoms with E-state index in [9.17, 15) is 4.79 Å². The summed E-state index contributed by atoms with van der Waals surface area (Å²) in [7, 11) is 0. The zero-order chi connectivity index (χ0) is 16.5. The molecule has 0 spiro atoms. The van der Waals surface area contributed by atoms with Crippen molar-refractivity contribution in [3.63, 3.8) is 0 Å². The van der Waals surface area contributed by atoms with Crippen molar-refractivity contribution in [2.75, 3.05) is 18.0 Å². The summed E-state index contributed by atoms with van der Waals surface area (Å²) in [6.45, 7) is 5.43. The second kappa shape index (κ2) is 8.76. The van der Waals surface area contributed by atoms with Crippen LogP contribution in [0.4, 0.5) is 5.69 Å². The van der Waals surface area contributed by atoms with Gasteiger partial charge in [-0.2, -0.15) is 0 Å². The van der Waals surface area contributed by atoms with E-state index in [4.69, 9.17) is 5.73 Å². The Kier molecular flexibility index (Phi) is 6.39. The number of hydrogen-bond acceptors (Lipinski definition) is 3. The van der Waals surface area contributed by atoms with Crippen LogP contribution in [-0.2, 0) is 11.3 Å². The molecule has 1 amide bonds. The normalized spacial score (nSPS) is 11.7. The van der Waals surface area contributed by atoms with Crippen LogP contribution in [0.25, 0.3) is 0 Å². The molecule has 120 valence electrons. The highest BCUT2D eigenvalue weighted by molar-refractivity contribution is 5.80. The molecule has 4 heteroatoms. The summed E-state index contributed by atoms with van der Waals surface area (Å²) in [6, 6.07) is 19.8. The van der Waals surface area contributed by atoms with Crippen LogP contribution in [0.3, 0.4) is 0 Å². The minimum absolute atomic E-state index is 0.360. The number of carbonyl (C=O) groups excluding carboxylic acids is 1. The number of nitrogens with two attached hydrogens (primary N) is 1. The van der Waals surface area contributed by atoms with Gasteiger partial charge >= 0.3 is 0 Å². The van der Waals surface area contributed by atoms with Gasteiger partial charge in [0.05, 0.1) is 0 Å². The van der Waals surface area contributed by atoms with Gasteiger partial charge in [-0.15, -0.1) is 6.58 Å². The smallest absolute Gasteiger partial charge is 0.236 e. The van der Waals surface area contributed by atoms with Crippen LogP contribution in [0, 0.1) is 0 Å². The Morgan fingerprint density at radius 2 is 1.74 bits per heavy atom. The quantitative estimate of drug-likeness (QED) is 0.699. The second-order valence-corrected chi connectivity index (χ2v) is 5.35. The van der Waals surface area contributed by atoms with Gasteiger partial charge in [0.2, 0.25) is 5.91 Å². The topological polar surface area (TPSA) is 58.4 Å². The van der Waals surface area contributed by atoms with Crippen LogP contribution in [0.2, 0.25) is 0 Å². The van der Waals surface area contributed by atoms with Gasteiger partial charge in [-0.25, -0.2) is 0 Å². The fourth-order valence-corrected chi connectivity index (χ4v) is 2.40. The SMILES string of the molecule is C=CCN[C@H](CN(Cc1ccccc1)c1ccccc1)C(N)=O. The van der Waals surface area contributed by atoms with Crippen molar-refractivity contribution in [2.24, 2.45) is 5.73 Å². The minimum atomic E-state index is -0.433. The van der Waals surface area contributed by atoms with Gasteiger partial charge in [0.1, 0.15) is 6.04 Å². The van der Waals surface area contributed by atoms with Gasteiger partial charge in [0.25, 0.3) is 0 Å². The lowest BCUT2D eigenvalue weighted by atomic mass is 10.1. The molecule has 3 N–H and O–H groups in total. The Labute approximate surface area is 137 Å². The number of amides is 1. The molecule has 0 fully saturated rings. The molecule has 1 atom stereocenters. The molecule has 0 unspecified atom stereocenters. The molecule has 0 heterocycles. The maximum Gasteiger partial charge on any atom is 0.236 e. The number of carbonyl (C=O) groups is 1. The van der Waals surface area contributed by atoms with E-state index in [0.29, 0.717) is 19.6 Å². The maximum atomic E-state index is 11.7. The number of rotatable bonds is 9. The zero-order valence-electron chi connectivity index (χ0n) is 13.2. The number of benzene rings is 2. The van der Waals surface area contributed by atoms with Gasteiger partial charge in [-0.3, -0.25) is 4.79 Å². The largest absolute Gasteiger partial charge is 0.368 e. The van der Waals surface area contributed by atoms with Crippen molar-refractivity contribution in [1.82, 2.24) is 5.32 Å². The molecule has 0 aliphatic carbocycles. The molecule has 0 saturated carbocycles. The van der Waals surface area contributed by atoms with E-state index in [2.05, 4.69) is 28.9 Å². The predicted octanol–water partition coefficient (Wildman–Crippen LogP) is 2.32. The maximum absolute atomic E-state index is 11.7. The van der Waals surface area contributed by atoms with Crippen LogP contribution in [0.15, 0.2) is 73.3 Å². The van der Waals surface area contributed by atoms with E-state index in [0.717, 1.165) is 5.69 Å². The standard InChI is InChI=1S/C19H23N3O/c1-2-13-21-18(19(20)23)15-22(17-11-7-4-8-12-17)14-16-9-5-3-6-10-16/h2-12,18,21H,1,13-15H2,(H2,20,23)/t18-/m1/s1. The van der Waals surface area contributed by atoms with Crippen molar-refractivity contribution in [3.8, 4) is 0 Å². The van der Waals surface area contributed by atoms with Crippen molar-refractivity contribution in [2.45, 2.75) is 12.6 Å². The molecule has 2 aromatic rings. The van der Waals surface area contributed by atoms with E-state index in [-0.39, 0.29) is 5.91 Å². The average molecular weight is 309 g/mol. The third kappa shape index (κ3) is 5.27. The number of nitrogens with one attached hydrogen (secondary N) is 1. The van der Waals surface area contributed by atoms with Crippen molar-refractivity contribution in [3.05, 3.63) is 78.9 Å². The van der Waals surface area contributed by atoms with E-state index >= 15 is 0 Å². The number of primary amides is 1. The zero-order valence-corrected chi connectivity index (χ0v) is 13.2. The Morgan fingerprint density at radius 3 is 2.30 bits per heavy atom. The van der Waals surface area contributed by atoms with Crippen molar-refractivity contribution >= 4 is 11.6 Å². The Bertz CT molecular complexity index is 613. The van der Waals surface area contributed by atoms with E-state index in [1.54, 1.807) is 6.08 Å². The molecule has 0 radical (unpaired) electrons. The number of para-hydroxylation sites is 1. The first-order valence-corrected chi connectivity index (χ1v) is 7.68. The Morgan fingerprint density at radius 1 is 1.13 bits per heavy atom. The Hall–Kier alpha value is -2.59. The molecular weight excluding hydrogens is 286 g/mol. The molecule has 2 aromatic carbocycles. The lowest BCUT2D eigenvalue weighted by molar-refractivity contribution is -0.119. The van der Waals surface area contributed by atoms with Crippen LogP contribution in [0.1, 0.15) is 5.56 Å². The summed E-state index contributed by atoms with van der Waals surface area (Å²) >= 11 is 0. The average Bonchev–Trinajstić information content (AvgIpc) is 2.59. The summed E-state index contributed by atoms with van der Waals surface area (Å²) in [6.07, 6.45) is 1.72. The second-order valence-electron chi connectivity index (χ2n) is 5.35. The number of nitrogens with zero attached hydrogens (tertiary/aromatic N) is 1. The summed E-state index contributed by atoms with van der Waals surface area (Å²) in [5.41, 5.74) is 7.78. The monoisotopic (exact) mass is 309 g/mol. The Balaban J connectivity index is 2.18. The highest BCUT2D eigenvalue weighted by atomic mass is 16.1. The number of anilines is 1. The van der Waals surface area contributed by atoms with Crippen molar-refractivity contribution in [1.29, 1.82) is 0 Å². The molecule has 0 aliphatic rings. The summed E-state index contributed by atoms with van der Waals surface area (Å²) in [4.78, 5) is 13.9. The van der Waals surface area contributed by atoms with Crippen LogP contribution in [-0.4, -0.2) is 25.0 Å². The first-order chi connectivity index (χ1) is 11.2. The molecule has 0 aliphatic heterocycles. The third-order valence-corrected chi connectivity index (χ3v) is 3.59. The molecule has 23 heavy (non-hydrogen) atoms. The van der Waals surface area contributed by atoms with Gasteiger partial charge in [0.15, 0.2) is 0 Å². The van der Waals surface area contributed by atoms with E-state index < -0.39 is 6.04 Å². The molecular formula is C19H23N3O. The first-order valence-electron chi connectivity index (χ1n) is 7.68. The summed E-state index contributed by atoms with van der Waals surface area (Å²) < 4.78 is 0. The molecule has 0 saturated heterocycles. The molecule has 0 aromatic heterocycles. The van der Waals surface area contributed by atoms with Gasteiger partial charge in [0, 0.05) is 25.3 Å². The fraction of sp³-hybridized carbons (Fsp3) is 0.211. The van der Waals surface area contributed by atoms with Gasteiger partial charge in [-0.05, 0) is 17.7 Å². The first kappa shape index (κ1) is 16.8. The van der Waals surface area contributed by atoms with E-state index in [1.807, 2.05) is 48.5 Å². The van der Waals surface area contributed by atoms with Crippen molar-refractivity contribution < 1.29 is 4.79 Å². The summed E-state index contributed by atoms with van der Waals surface area (Å²) in [5, 5.41) is 3.12. The molecule has 4 nitrogen and oxygen atoms in total. The minimum Gasteiger partial charge on any atom is -0.368 e. The lowest BCUT2D eigenvalue weighted by Crippen LogP contribution is -2.49. The number of hydrogen-bond donors (Lipinski definition) is 2. The van der Waals surface area contributed by atoms with Crippen LogP contribution >= 0.6 is 0 Å². The molecule has 2 rings (SSSR count). The van der Waals surface area contributed by atoms with E-state index in [1.165, 1.54) is 5.56 Å².